The second-order valence-corrected chi connectivity index (χ2v) is 1.69. The van der Waals surface area contributed by atoms with Gasteiger partial charge < -0.3 is 0 Å². The second kappa shape index (κ2) is 5.00. The molecule has 38 valence electrons. The Bertz CT molecular complexity index is 169. The van der Waals surface area contributed by atoms with Crippen LogP contribution in [0.3, 0.4) is 0 Å². The molecule has 0 N–H and O–H groups in total. The maximum Gasteiger partial charge on any atom is 1.00 e. The maximum absolute atomic E-state index is 8.12. The molecule has 0 fully saturated rings. The molecule has 9 heavy (non-hydrogen) atoms. The Labute approximate surface area is 96.6 Å². The van der Waals surface area contributed by atoms with Crippen molar-refractivity contribution >= 4 is 6.15 Å². The molecule has 0 bridgehead atoms. The van der Waals surface area contributed by atoms with Crippen molar-refractivity contribution in [3.63, 3.8) is 0 Å². The van der Waals surface area contributed by atoms with Gasteiger partial charge in [-0.15, -0.1) is 17.9 Å². The summed E-state index contributed by atoms with van der Waals surface area (Å²) < 4.78 is 0. The third kappa shape index (κ3) is 3.70. The molecule has 0 saturated heterocycles. The van der Waals surface area contributed by atoms with Crippen molar-refractivity contribution in [2.75, 3.05) is 0 Å². The fourth-order valence-electron chi connectivity index (χ4n) is 0.0866. The molecule has 0 radical (unpaired) electrons. The summed E-state index contributed by atoms with van der Waals surface area (Å²) in [6.45, 7) is 1.33. The smallest absolute Gasteiger partial charge is 0.247 e. The first-order chi connectivity index (χ1) is 3.68. The van der Waals surface area contributed by atoms with E-state index in [2.05, 4.69) is 0 Å². The number of hydrogen-bond donors (Lipinski definition) is 0. The Morgan fingerprint density at radius 2 is 1.22 bits per heavy atom. The molecule has 0 aromatic carbocycles. The summed E-state index contributed by atoms with van der Waals surface area (Å²) in [5.74, 6) is 4.85. The third-order valence-corrected chi connectivity index (χ3v) is 0.775. The minimum atomic E-state index is -2.04. The second-order valence-electron chi connectivity index (χ2n) is 1.69. The molecular weight excluding hydrogens is 140 g/mol. The quantitative estimate of drug-likeness (QED) is 0.345. The van der Waals surface area contributed by atoms with Crippen LogP contribution in [-0.2, 0) is 0 Å². The average molecular weight is 143 g/mol. The van der Waals surface area contributed by atoms with Crippen LogP contribution < -0.4 is 51.4 Å². The first-order valence-electron chi connectivity index (χ1n) is 2.11. The summed E-state index contributed by atoms with van der Waals surface area (Å²) in [5, 5.41) is 24.4. The summed E-state index contributed by atoms with van der Waals surface area (Å²) in [7, 11) is 0. The summed E-state index contributed by atoms with van der Waals surface area (Å²) in [6.07, 6.45) is -2.04. The van der Waals surface area contributed by atoms with E-state index < -0.39 is 6.15 Å². The maximum atomic E-state index is 8.12. The zero-order valence-corrected chi connectivity index (χ0v) is 8.54. The van der Waals surface area contributed by atoms with Crippen LogP contribution in [0.4, 0.5) is 0 Å². The van der Waals surface area contributed by atoms with E-state index in [0.717, 1.165) is 0 Å². The van der Waals surface area contributed by atoms with Crippen LogP contribution in [0.25, 0.3) is 0 Å². The first kappa shape index (κ1) is 11.9. The Hall–Kier alpha value is 0.171. The SMILES string of the molecule is C[B-](C#N)(C#N)C#N.[K+]. The largest absolute Gasteiger partial charge is 1.00 e. The summed E-state index contributed by atoms with van der Waals surface area (Å²) in [6, 6.07) is 0. The Balaban J connectivity index is 0. The number of rotatable bonds is 0. The van der Waals surface area contributed by atoms with Crippen molar-refractivity contribution in [3.05, 3.63) is 0 Å². The van der Waals surface area contributed by atoms with Gasteiger partial charge in [0.15, 0.2) is 0 Å². The van der Waals surface area contributed by atoms with Crippen molar-refractivity contribution in [2.24, 2.45) is 0 Å². The molecule has 0 aliphatic carbocycles. The number of nitriles is 3. The molecule has 3 nitrogen and oxygen atoms in total. The van der Waals surface area contributed by atoms with Crippen molar-refractivity contribution in [2.45, 2.75) is 6.82 Å². The van der Waals surface area contributed by atoms with E-state index >= 15 is 0 Å². The summed E-state index contributed by atoms with van der Waals surface area (Å²) >= 11 is 0. The average Bonchev–Trinajstić information content (AvgIpc) is 1.87. The van der Waals surface area contributed by atoms with E-state index in [1.165, 1.54) is 6.82 Å². The van der Waals surface area contributed by atoms with Crippen LogP contribution in [0.1, 0.15) is 0 Å². The molecule has 0 heterocycles. The first-order valence-corrected chi connectivity index (χ1v) is 2.11. The van der Waals surface area contributed by atoms with Gasteiger partial charge in [0.05, 0.1) is 0 Å². The molecule has 0 aliphatic rings. The minimum absolute atomic E-state index is 0. The van der Waals surface area contributed by atoms with Crippen molar-refractivity contribution < 1.29 is 51.4 Å². The van der Waals surface area contributed by atoms with Crippen LogP contribution in [0.5, 0.6) is 0 Å². The van der Waals surface area contributed by atoms with Gasteiger partial charge in [0.1, 0.15) is 0 Å². The molecule has 0 atom stereocenters. The zero-order chi connectivity index (χ0) is 6.62. The Kier molecular flexibility index (Phi) is 6.61. The summed E-state index contributed by atoms with van der Waals surface area (Å²) in [5.41, 5.74) is 0. The molecule has 0 aromatic rings. The Morgan fingerprint density at radius 1 is 1.00 bits per heavy atom. The van der Waals surface area contributed by atoms with Crippen LogP contribution in [0.15, 0.2) is 0 Å². The minimum Gasteiger partial charge on any atom is -0.247 e. The van der Waals surface area contributed by atoms with E-state index in [4.69, 9.17) is 15.8 Å². The van der Waals surface area contributed by atoms with E-state index in [9.17, 15) is 0 Å². The van der Waals surface area contributed by atoms with Crippen LogP contribution in [-0.4, -0.2) is 6.15 Å². The van der Waals surface area contributed by atoms with E-state index in [1.54, 1.807) is 17.9 Å². The molecular formula is C4H3BKN3. The van der Waals surface area contributed by atoms with Crippen LogP contribution >= 0.6 is 0 Å². The molecule has 0 rings (SSSR count). The molecule has 0 saturated carbocycles. The van der Waals surface area contributed by atoms with Gasteiger partial charge in [-0.1, -0.05) is 0 Å². The van der Waals surface area contributed by atoms with Gasteiger partial charge in [-0.25, -0.2) is 15.8 Å². The molecule has 0 amide bonds. The predicted molar refractivity (Wildman–Crippen MR) is 28.5 cm³/mol. The summed E-state index contributed by atoms with van der Waals surface area (Å²) in [4.78, 5) is 0. The zero-order valence-electron chi connectivity index (χ0n) is 5.42. The van der Waals surface area contributed by atoms with Gasteiger partial charge in [0, 0.05) is 0 Å². The van der Waals surface area contributed by atoms with Gasteiger partial charge in [-0.3, -0.25) is 0 Å². The molecule has 5 heteroatoms. The van der Waals surface area contributed by atoms with Gasteiger partial charge >= 0.3 is 51.4 Å². The molecule has 0 spiro atoms. The molecule has 0 aromatic heterocycles. The number of nitrogens with zero attached hydrogens (tertiary/aromatic N) is 3. The third-order valence-electron chi connectivity index (χ3n) is 0.775. The predicted octanol–water partition coefficient (Wildman–Crippen LogP) is -2.74. The van der Waals surface area contributed by atoms with E-state index in [0.29, 0.717) is 0 Å². The van der Waals surface area contributed by atoms with Gasteiger partial charge in [-0.05, 0) is 0 Å². The topological polar surface area (TPSA) is 71.4 Å². The monoisotopic (exact) mass is 143 g/mol. The van der Waals surface area contributed by atoms with E-state index in [-0.39, 0.29) is 51.4 Å². The molecule has 0 unspecified atom stereocenters. The van der Waals surface area contributed by atoms with Gasteiger partial charge in [-0.2, -0.15) is 6.82 Å². The standard InChI is InChI=1S/C4H3BN3.K/c1-5(2-6,3-7)4-8;/h1H3;/q-1;+1. The van der Waals surface area contributed by atoms with Crippen molar-refractivity contribution in [1.29, 1.82) is 15.8 Å². The molecule has 0 aliphatic heterocycles. The van der Waals surface area contributed by atoms with Gasteiger partial charge in [0.2, 0.25) is 0 Å². The fraction of sp³-hybridized carbons (Fsp3) is 0.250. The van der Waals surface area contributed by atoms with E-state index in [1.807, 2.05) is 0 Å². The fourth-order valence-corrected chi connectivity index (χ4v) is 0.0866. The van der Waals surface area contributed by atoms with Crippen LogP contribution in [0, 0.1) is 33.7 Å². The van der Waals surface area contributed by atoms with Crippen molar-refractivity contribution in [1.82, 2.24) is 0 Å². The van der Waals surface area contributed by atoms with Gasteiger partial charge in [0.25, 0.3) is 6.15 Å². The van der Waals surface area contributed by atoms with Crippen molar-refractivity contribution in [3.8, 4) is 17.9 Å². The number of hydrogen-bond acceptors (Lipinski definition) is 3. The normalized spacial score (nSPS) is 7.33. The Morgan fingerprint density at radius 3 is 1.22 bits per heavy atom. The van der Waals surface area contributed by atoms with Crippen LogP contribution in [0.2, 0.25) is 6.82 Å².